The van der Waals surface area contributed by atoms with E-state index in [2.05, 4.69) is 38.1 Å². The van der Waals surface area contributed by atoms with Crippen LogP contribution in [0.2, 0.25) is 0 Å². The molecule has 2 aliphatic rings. The zero-order chi connectivity index (χ0) is 14.7. The molecular weight excluding hydrogens is 252 g/mol. The number of rotatable bonds is 3. The summed E-state index contributed by atoms with van der Waals surface area (Å²) in [5.74, 6) is 4.00. The van der Waals surface area contributed by atoms with Crippen LogP contribution in [0.15, 0.2) is 24.3 Å². The van der Waals surface area contributed by atoms with Gasteiger partial charge >= 0.3 is 0 Å². The highest BCUT2D eigenvalue weighted by Crippen LogP contribution is 2.44. The molecule has 21 heavy (non-hydrogen) atoms. The molecule has 1 aromatic carbocycles. The lowest BCUT2D eigenvalue weighted by atomic mass is 9.68. The minimum Gasteiger partial charge on any atom is -0.0651 e. The van der Waals surface area contributed by atoms with Gasteiger partial charge < -0.3 is 0 Å². The number of hydrogen-bond donors (Lipinski definition) is 0. The van der Waals surface area contributed by atoms with E-state index in [1.165, 1.54) is 63.4 Å². The van der Waals surface area contributed by atoms with Crippen molar-refractivity contribution in [1.29, 1.82) is 0 Å². The van der Waals surface area contributed by atoms with Crippen molar-refractivity contribution in [3.05, 3.63) is 35.4 Å². The third-order valence-corrected chi connectivity index (χ3v) is 6.46. The van der Waals surface area contributed by atoms with E-state index in [1.807, 2.05) is 0 Å². The fourth-order valence-corrected chi connectivity index (χ4v) is 4.83. The van der Waals surface area contributed by atoms with Gasteiger partial charge in [0.05, 0.1) is 0 Å². The second kappa shape index (κ2) is 6.99. The van der Waals surface area contributed by atoms with Crippen LogP contribution >= 0.6 is 0 Å². The van der Waals surface area contributed by atoms with Crippen molar-refractivity contribution in [3.8, 4) is 0 Å². The van der Waals surface area contributed by atoms with Crippen LogP contribution in [0.5, 0.6) is 0 Å². The molecule has 1 aromatic rings. The summed E-state index contributed by atoms with van der Waals surface area (Å²) in [4.78, 5) is 0. The first kappa shape index (κ1) is 15.1. The normalized spacial score (nSPS) is 33.8. The molecule has 0 atom stereocenters. The molecular formula is C21H32. The minimum absolute atomic E-state index is 0.842. The average molecular weight is 284 g/mol. The molecule has 0 nitrogen and oxygen atoms in total. The van der Waals surface area contributed by atoms with Gasteiger partial charge in [0.2, 0.25) is 0 Å². The maximum absolute atomic E-state index is 2.37. The lowest BCUT2D eigenvalue weighted by Crippen LogP contribution is -2.25. The molecule has 0 saturated heterocycles. The number of aryl methyl sites for hydroxylation is 1. The Morgan fingerprint density at radius 3 is 1.81 bits per heavy atom. The Bertz CT molecular complexity index is 414. The van der Waals surface area contributed by atoms with Gasteiger partial charge in [0.25, 0.3) is 0 Å². The molecule has 0 N–H and O–H groups in total. The second-order valence-electron chi connectivity index (χ2n) is 7.71. The summed E-state index contributed by atoms with van der Waals surface area (Å²) in [6.07, 6.45) is 13.3. The maximum atomic E-state index is 2.37. The molecule has 0 bridgehead atoms. The van der Waals surface area contributed by atoms with Crippen molar-refractivity contribution in [2.24, 2.45) is 17.8 Å². The summed E-state index contributed by atoms with van der Waals surface area (Å²) in [6.45, 7) is 4.56. The quantitative estimate of drug-likeness (QED) is 0.595. The first-order chi connectivity index (χ1) is 10.3. The van der Waals surface area contributed by atoms with Crippen LogP contribution < -0.4 is 0 Å². The lowest BCUT2D eigenvalue weighted by Gasteiger charge is -2.38. The van der Waals surface area contributed by atoms with E-state index in [0.29, 0.717) is 0 Å². The van der Waals surface area contributed by atoms with Crippen molar-refractivity contribution in [3.63, 3.8) is 0 Å². The van der Waals surface area contributed by atoms with Crippen LogP contribution in [0.3, 0.4) is 0 Å². The van der Waals surface area contributed by atoms with Crippen molar-refractivity contribution >= 4 is 0 Å². The van der Waals surface area contributed by atoms with Gasteiger partial charge in [0.1, 0.15) is 0 Å². The number of hydrogen-bond acceptors (Lipinski definition) is 0. The molecule has 0 spiro atoms. The standard InChI is InChI=1S/C21H32/c1-3-17-6-10-19(11-7-17)21-14-12-20(13-15-21)18-8-4-16(2)5-9-18/h4-5,8-9,17,19-21H,3,6-7,10-15H2,1-2H3/t17-,19-,20-,21-. The summed E-state index contributed by atoms with van der Waals surface area (Å²) in [5, 5.41) is 0. The average Bonchev–Trinajstić information content (AvgIpc) is 2.56. The summed E-state index contributed by atoms with van der Waals surface area (Å²) < 4.78 is 0. The Balaban J connectivity index is 1.50. The van der Waals surface area contributed by atoms with Crippen LogP contribution in [0, 0.1) is 24.7 Å². The van der Waals surface area contributed by atoms with Gasteiger partial charge in [0, 0.05) is 0 Å². The molecule has 0 unspecified atom stereocenters. The Hall–Kier alpha value is -0.780. The molecule has 0 heteroatoms. The Morgan fingerprint density at radius 2 is 1.29 bits per heavy atom. The van der Waals surface area contributed by atoms with Crippen LogP contribution in [0.1, 0.15) is 81.8 Å². The lowest BCUT2D eigenvalue weighted by molar-refractivity contribution is 0.158. The van der Waals surface area contributed by atoms with Crippen LogP contribution in [0.4, 0.5) is 0 Å². The fraction of sp³-hybridized carbons (Fsp3) is 0.714. The SMILES string of the molecule is CC[C@H]1CC[C@H]([C@H]2CC[C@H](c3ccc(C)cc3)CC2)CC1. The largest absolute Gasteiger partial charge is 0.0651 e. The van der Waals surface area contributed by atoms with E-state index in [9.17, 15) is 0 Å². The van der Waals surface area contributed by atoms with E-state index in [4.69, 9.17) is 0 Å². The Morgan fingerprint density at radius 1 is 0.762 bits per heavy atom. The smallest absolute Gasteiger partial charge is 0.0162 e. The third-order valence-electron chi connectivity index (χ3n) is 6.46. The first-order valence-electron chi connectivity index (χ1n) is 9.32. The van der Waals surface area contributed by atoms with Crippen molar-refractivity contribution < 1.29 is 0 Å². The van der Waals surface area contributed by atoms with Crippen LogP contribution in [-0.4, -0.2) is 0 Å². The van der Waals surface area contributed by atoms with Gasteiger partial charge in [-0.05, 0) is 74.7 Å². The van der Waals surface area contributed by atoms with Gasteiger partial charge in [0.15, 0.2) is 0 Å². The second-order valence-corrected chi connectivity index (χ2v) is 7.71. The summed E-state index contributed by atoms with van der Waals surface area (Å²) in [6, 6.07) is 9.31. The summed E-state index contributed by atoms with van der Waals surface area (Å²) >= 11 is 0. The predicted molar refractivity (Wildman–Crippen MR) is 91.6 cm³/mol. The molecule has 0 radical (unpaired) electrons. The van der Waals surface area contributed by atoms with Crippen LogP contribution in [0.25, 0.3) is 0 Å². The van der Waals surface area contributed by atoms with Gasteiger partial charge in [-0.2, -0.15) is 0 Å². The van der Waals surface area contributed by atoms with E-state index in [0.717, 1.165) is 23.7 Å². The molecule has 0 aromatic heterocycles. The maximum Gasteiger partial charge on any atom is -0.0162 e. The zero-order valence-corrected chi connectivity index (χ0v) is 14.0. The summed E-state index contributed by atoms with van der Waals surface area (Å²) in [5.41, 5.74) is 2.98. The first-order valence-corrected chi connectivity index (χ1v) is 9.32. The van der Waals surface area contributed by atoms with Crippen molar-refractivity contribution in [1.82, 2.24) is 0 Å². The van der Waals surface area contributed by atoms with Gasteiger partial charge in [-0.25, -0.2) is 0 Å². The fourth-order valence-electron chi connectivity index (χ4n) is 4.83. The van der Waals surface area contributed by atoms with E-state index in [-0.39, 0.29) is 0 Å². The van der Waals surface area contributed by atoms with Crippen molar-refractivity contribution in [2.45, 2.75) is 77.6 Å². The highest BCUT2D eigenvalue weighted by molar-refractivity contribution is 5.24. The zero-order valence-electron chi connectivity index (χ0n) is 14.0. The molecule has 0 aliphatic heterocycles. The van der Waals surface area contributed by atoms with Crippen molar-refractivity contribution in [2.75, 3.05) is 0 Å². The minimum atomic E-state index is 0.842. The Labute approximate surface area is 131 Å². The van der Waals surface area contributed by atoms with E-state index >= 15 is 0 Å². The Kier molecular flexibility index (Phi) is 5.03. The molecule has 2 aliphatic carbocycles. The molecule has 116 valence electrons. The molecule has 0 amide bonds. The van der Waals surface area contributed by atoms with Crippen LogP contribution in [-0.2, 0) is 0 Å². The van der Waals surface area contributed by atoms with Gasteiger partial charge in [-0.15, -0.1) is 0 Å². The highest BCUT2D eigenvalue weighted by atomic mass is 14.4. The predicted octanol–water partition coefficient (Wildman–Crippen LogP) is 6.49. The highest BCUT2D eigenvalue weighted by Gasteiger charge is 2.30. The van der Waals surface area contributed by atoms with E-state index in [1.54, 1.807) is 5.56 Å². The van der Waals surface area contributed by atoms with Gasteiger partial charge in [-0.3, -0.25) is 0 Å². The molecule has 3 rings (SSSR count). The molecule has 2 saturated carbocycles. The third kappa shape index (κ3) is 3.71. The van der Waals surface area contributed by atoms with E-state index < -0.39 is 0 Å². The van der Waals surface area contributed by atoms with Gasteiger partial charge in [-0.1, -0.05) is 56.0 Å². The monoisotopic (exact) mass is 284 g/mol. The summed E-state index contributed by atoms with van der Waals surface area (Å²) in [7, 11) is 0. The topological polar surface area (TPSA) is 0 Å². The molecule has 0 heterocycles. The number of benzene rings is 1. The molecule has 2 fully saturated rings.